The van der Waals surface area contributed by atoms with Crippen molar-refractivity contribution in [1.29, 1.82) is 0 Å². The summed E-state index contributed by atoms with van der Waals surface area (Å²) in [7, 11) is 0. The number of nitrogens with one attached hydrogen (secondary N) is 2. The molecule has 1 aliphatic heterocycles. The minimum absolute atomic E-state index is 0.0419. The second kappa shape index (κ2) is 10.4. The highest BCUT2D eigenvalue weighted by atomic mass is 16.3. The molecule has 0 saturated carbocycles. The lowest BCUT2D eigenvalue weighted by Crippen LogP contribution is -2.47. The fourth-order valence-corrected chi connectivity index (χ4v) is 3.80. The SMILES string of the molecule is CC(C)Nc1cc(C(=O)N[C@@H](Cc2ccccc2)[C@H](O)CN)cc(N2CCCC2=O)c1. The van der Waals surface area contributed by atoms with Crippen LogP contribution in [0.15, 0.2) is 48.5 Å². The van der Waals surface area contributed by atoms with Crippen molar-refractivity contribution < 1.29 is 14.7 Å². The number of rotatable bonds is 9. The second-order valence-corrected chi connectivity index (χ2v) is 8.29. The molecule has 0 bridgehead atoms. The monoisotopic (exact) mass is 424 g/mol. The Labute approximate surface area is 183 Å². The Morgan fingerprint density at radius 2 is 1.94 bits per heavy atom. The predicted molar refractivity (Wildman–Crippen MR) is 123 cm³/mol. The molecule has 7 heteroatoms. The van der Waals surface area contributed by atoms with E-state index in [0.717, 1.165) is 17.7 Å². The quantitative estimate of drug-likeness (QED) is 0.494. The molecule has 5 N–H and O–H groups in total. The van der Waals surface area contributed by atoms with Crippen LogP contribution in [0, 0.1) is 0 Å². The Balaban J connectivity index is 1.86. The van der Waals surface area contributed by atoms with Crippen molar-refractivity contribution in [2.45, 2.75) is 51.3 Å². The molecule has 0 unspecified atom stereocenters. The third kappa shape index (κ3) is 6.06. The van der Waals surface area contributed by atoms with Crippen molar-refractivity contribution in [3.8, 4) is 0 Å². The minimum Gasteiger partial charge on any atom is -0.390 e. The maximum Gasteiger partial charge on any atom is 0.251 e. The Morgan fingerprint density at radius 1 is 1.19 bits per heavy atom. The van der Waals surface area contributed by atoms with Gasteiger partial charge in [-0.05, 0) is 50.5 Å². The standard InChI is InChI=1S/C24H32N4O3/c1-16(2)26-19-12-18(13-20(14-19)28-10-6-9-23(28)30)24(31)27-21(22(29)15-25)11-17-7-4-3-5-8-17/h3-5,7-8,12-14,16,21-22,26,29H,6,9-11,15,25H2,1-2H3,(H,27,31)/t21-,22+/m0/s1. The number of carbonyl (C=O) groups excluding carboxylic acids is 2. The van der Waals surface area contributed by atoms with Crippen molar-refractivity contribution in [2.24, 2.45) is 5.73 Å². The Bertz CT molecular complexity index is 901. The number of aliphatic hydroxyl groups is 1. The zero-order valence-corrected chi connectivity index (χ0v) is 18.2. The Kier molecular flexibility index (Phi) is 7.65. The van der Waals surface area contributed by atoms with E-state index in [4.69, 9.17) is 5.73 Å². The number of amides is 2. The molecule has 3 rings (SSSR count). The first-order chi connectivity index (χ1) is 14.9. The van der Waals surface area contributed by atoms with Gasteiger partial charge >= 0.3 is 0 Å². The van der Waals surface area contributed by atoms with E-state index in [9.17, 15) is 14.7 Å². The highest BCUT2D eigenvalue weighted by Gasteiger charge is 2.25. The van der Waals surface area contributed by atoms with Gasteiger partial charge < -0.3 is 26.4 Å². The summed E-state index contributed by atoms with van der Waals surface area (Å²) in [6, 6.07) is 14.7. The summed E-state index contributed by atoms with van der Waals surface area (Å²) < 4.78 is 0. The van der Waals surface area contributed by atoms with Crippen LogP contribution in [0.4, 0.5) is 11.4 Å². The van der Waals surface area contributed by atoms with Gasteiger partial charge in [0.15, 0.2) is 0 Å². The molecular formula is C24H32N4O3. The molecule has 2 aromatic carbocycles. The fourth-order valence-electron chi connectivity index (χ4n) is 3.80. The van der Waals surface area contributed by atoms with Crippen LogP contribution in [0.1, 0.15) is 42.6 Å². The summed E-state index contributed by atoms with van der Waals surface area (Å²) in [6.45, 7) is 4.72. The average Bonchev–Trinajstić information content (AvgIpc) is 3.18. The van der Waals surface area contributed by atoms with Crippen molar-refractivity contribution in [2.75, 3.05) is 23.3 Å². The van der Waals surface area contributed by atoms with E-state index in [1.807, 2.05) is 50.2 Å². The first-order valence-corrected chi connectivity index (χ1v) is 10.8. The second-order valence-electron chi connectivity index (χ2n) is 8.29. The van der Waals surface area contributed by atoms with Crippen LogP contribution in [0.25, 0.3) is 0 Å². The molecule has 0 aromatic heterocycles. The van der Waals surface area contributed by atoms with Gasteiger partial charge in [0.25, 0.3) is 5.91 Å². The van der Waals surface area contributed by atoms with Crippen LogP contribution >= 0.6 is 0 Å². The highest BCUT2D eigenvalue weighted by Crippen LogP contribution is 2.27. The molecule has 1 saturated heterocycles. The van der Waals surface area contributed by atoms with E-state index in [0.29, 0.717) is 30.6 Å². The van der Waals surface area contributed by atoms with Crippen LogP contribution in [-0.4, -0.2) is 48.2 Å². The first-order valence-electron chi connectivity index (χ1n) is 10.8. The van der Waals surface area contributed by atoms with Gasteiger partial charge in [-0.1, -0.05) is 30.3 Å². The third-order valence-electron chi connectivity index (χ3n) is 5.34. The average molecular weight is 425 g/mol. The van der Waals surface area contributed by atoms with Gasteiger partial charge in [0, 0.05) is 42.5 Å². The molecule has 31 heavy (non-hydrogen) atoms. The van der Waals surface area contributed by atoms with E-state index < -0.39 is 12.1 Å². The number of carbonyl (C=O) groups is 2. The van der Waals surface area contributed by atoms with Gasteiger partial charge in [0.05, 0.1) is 12.1 Å². The number of anilines is 2. The number of aliphatic hydroxyl groups excluding tert-OH is 1. The van der Waals surface area contributed by atoms with E-state index in [2.05, 4.69) is 10.6 Å². The minimum atomic E-state index is -0.874. The lowest BCUT2D eigenvalue weighted by Gasteiger charge is -2.24. The van der Waals surface area contributed by atoms with Crippen LogP contribution < -0.4 is 21.3 Å². The molecule has 0 aliphatic carbocycles. The molecule has 1 fully saturated rings. The van der Waals surface area contributed by atoms with Gasteiger partial charge in [-0.25, -0.2) is 0 Å². The van der Waals surface area contributed by atoms with Crippen molar-refractivity contribution in [1.82, 2.24) is 5.32 Å². The molecule has 1 aliphatic rings. The van der Waals surface area contributed by atoms with Crippen molar-refractivity contribution in [3.63, 3.8) is 0 Å². The molecule has 0 spiro atoms. The smallest absolute Gasteiger partial charge is 0.251 e. The van der Waals surface area contributed by atoms with Gasteiger partial charge in [0.1, 0.15) is 0 Å². The number of hydrogen-bond acceptors (Lipinski definition) is 5. The zero-order chi connectivity index (χ0) is 22.4. The van der Waals surface area contributed by atoms with E-state index in [1.54, 1.807) is 17.0 Å². The Morgan fingerprint density at radius 3 is 2.55 bits per heavy atom. The summed E-state index contributed by atoms with van der Waals surface area (Å²) in [6.07, 6.45) is 0.919. The largest absolute Gasteiger partial charge is 0.390 e. The predicted octanol–water partition coefficient (Wildman–Crippen LogP) is 2.29. The molecular weight excluding hydrogens is 392 g/mol. The third-order valence-corrected chi connectivity index (χ3v) is 5.34. The topological polar surface area (TPSA) is 108 Å². The van der Waals surface area contributed by atoms with Gasteiger partial charge in [-0.2, -0.15) is 0 Å². The normalized spacial score (nSPS) is 15.8. The molecule has 1 heterocycles. The van der Waals surface area contributed by atoms with Gasteiger partial charge in [-0.3, -0.25) is 9.59 Å². The number of benzene rings is 2. The maximum atomic E-state index is 13.2. The summed E-state index contributed by atoms with van der Waals surface area (Å²) in [5.74, 6) is -0.248. The number of nitrogens with two attached hydrogens (primary N) is 1. The maximum absolute atomic E-state index is 13.2. The molecule has 7 nitrogen and oxygen atoms in total. The fraction of sp³-hybridized carbons (Fsp3) is 0.417. The molecule has 0 radical (unpaired) electrons. The number of hydrogen-bond donors (Lipinski definition) is 4. The number of nitrogens with zero attached hydrogens (tertiary/aromatic N) is 1. The van der Waals surface area contributed by atoms with Crippen molar-refractivity contribution in [3.05, 3.63) is 59.7 Å². The lowest BCUT2D eigenvalue weighted by atomic mass is 10.0. The van der Waals surface area contributed by atoms with Crippen LogP contribution in [0.2, 0.25) is 0 Å². The van der Waals surface area contributed by atoms with E-state index in [-0.39, 0.29) is 24.4 Å². The zero-order valence-electron chi connectivity index (χ0n) is 18.2. The summed E-state index contributed by atoms with van der Waals surface area (Å²) in [5.41, 5.74) is 8.60. The molecule has 2 atom stereocenters. The van der Waals surface area contributed by atoms with E-state index >= 15 is 0 Å². The van der Waals surface area contributed by atoms with Crippen LogP contribution in [0.5, 0.6) is 0 Å². The van der Waals surface area contributed by atoms with Crippen molar-refractivity contribution >= 4 is 23.2 Å². The summed E-state index contributed by atoms with van der Waals surface area (Å²) >= 11 is 0. The first kappa shape index (κ1) is 22.8. The van der Waals surface area contributed by atoms with Gasteiger partial charge in [-0.15, -0.1) is 0 Å². The van der Waals surface area contributed by atoms with Crippen LogP contribution in [0.3, 0.4) is 0 Å². The molecule has 166 valence electrons. The molecule has 2 aromatic rings. The van der Waals surface area contributed by atoms with E-state index in [1.165, 1.54) is 0 Å². The highest BCUT2D eigenvalue weighted by molar-refractivity contribution is 6.00. The summed E-state index contributed by atoms with van der Waals surface area (Å²) in [5, 5.41) is 16.7. The Hall–Kier alpha value is -2.90. The van der Waals surface area contributed by atoms with Gasteiger partial charge in [0.2, 0.25) is 5.91 Å². The lowest BCUT2D eigenvalue weighted by molar-refractivity contribution is -0.117. The molecule has 2 amide bonds. The van der Waals surface area contributed by atoms with Crippen LogP contribution in [-0.2, 0) is 11.2 Å². The summed E-state index contributed by atoms with van der Waals surface area (Å²) in [4.78, 5) is 27.1.